The molecular formula is C64H39N5. The summed E-state index contributed by atoms with van der Waals surface area (Å²) < 4.78 is 7.38. The molecule has 69 heavy (non-hydrogen) atoms. The number of para-hydroxylation sites is 6. The van der Waals surface area contributed by atoms with Gasteiger partial charge in [0.2, 0.25) is 0 Å². The molecule has 0 saturated carbocycles. The van der Waals surface area contributed by atoms with Crippen LogP contribution in [0.25, 0.3) is 138 Å². The van der Waals surface area contributed by atoms with E-state index >= 15 is 0 Å². The molecule has 15 rings (SSSR count). The molecule has 0 bridgehead atoms. The maximum Gasteiger partial charge on any atom is 0.0980 e. The van der Waals surface area contributed by atoms with Gasteiger partial charge in [0.05, 0.1) is 61.2 Å². The summed E-state index contributed by atoms with van der Waals surface area (Å²) in [6, 6.07) is 85.5. The number of rotatable bonds is 5. The van der Waals surface area contributed by atoms with Gasteiger partial charge in [-0.1, -0.05) is 170 Å². The Morgan fingerprint density at radius 1 is 0.290 bits per heavy atom. The first-order valence-corrected chi connectivity index (χ1v) is 23.6. The third kappa shape index (κ3) is 5.47. The summed E-state index contributed by atoms with van der Waals surface area (Å²) in [6.07, 6.45) is 0. The summed E-state index contributed by atoms with van der Waals surface area (Å²) in [5, 5.41) is 12.0. The maximum atomic E-state index is 5.52. The van der Waals surface area contributed by atoms with Crippen LogP contribution in [0.2, 0.25) is 0 Å². The average molecular weight is 878 g/mol. The van der Waals surface area contributed by atoms with Gasteiger partial charge in [-0.05, 0) is 77.5 Å². The molecule has 320 valence electrons. The first-order valence-electron chi connectivity index (χ1n) is 23.6. The fourth-order valence-corrected chi connectivity index (χ4v) is 11.5. The highest BCUT2D eigenvalue weighted by Gasteiger charge is 2.25. The van der Waals surface area contributed by atoms with Gasteiger partial charge in [0, 0.05) is 65.6 Å². The fraction of sp³-hybridized carbons (Fsp3) is 0. The second-order valence-corrected chi connectivity index (χ2v) is 18.1. The Bertz CT molecular complexity index is 4610. The minimum Gasteiger partial charge on any atom is -0.309 e. The van der Waals surface area contributed by atoms with Crippen molar-refractivity contribution in [3.05, 3.63) is 237 Å². The number of benzene rings is 11. The molecule has 0 atom stereocenters. The quantitative estimate of drug-likeness (QED) is 0.173. The molecule has 5 heteroatoms. The molecule has 0 radical (unpaired) electrons. The molecule has 0 aliphatic carbocycles. The van der Waals surface area contributed by atoms with Crippen LogP contribution in [0.1, 0.15) is 0 Å². The Kier molecular flexibility index (Phi) is 8.00. The molecule has 4 heterocycles. The fourth-order valence-electron chi connectivity index (χ4n) is 11.5. The van der Waals surface area contributed by atoms with Crippen LogP contribution in [-0.2, 0) is 0 Å². The van der Waals surface area contributed by atoms with Gasteiger partial charge in [0.1, 0.15) is 0 Å². The van der Waals surface area contributed by atoms with Crippen molar-refractivity contribution in [2.45, 2.75) is 0 Å². The van der Waals surface area contributed by atoms with Gasteiger partial charge < -0.3 is 13.7 Å². The monoisotopic (exact) mass is 877 g/mol. The lowest BCUT2D eigenvalue weighted by molar-refractivity contribution is 1.17. The average Bonchev–Trinajstić information content (AvgIpc) is 4.06. The van der Waals surface area contributed by atoms with Crippen molar-refractivity contribution < 1.29 is 0 Å². The zero-order chi connectivity index (χ0) is 45.2. The van der Waals surface area contributed by atoms with Crippen molar-refractivity contribution in [1.82, 2.24) is 23.7 Å². The molecule has 5 nitrogen and oxygen atoms in total. The van der Waals surface area contributed by atoms with Crippen molar-refractivity contribution in [2.24, 2.45) is 0 Å². The molecule has 0 fully saturated rings. The minimum absolute atomic E-state index is 0.837. The zero-order valence-electron chi connectivity index (χ0n) is 37.3. The molecular weight excluding hydrogens is 839 g/mol. The Hall–Kier alpha value is -9.32. The molecule has 0 saturated heterocycles. The smallest absolute Gasteiger partial charge is 0.0980 e. The molecule has 0 spiro atoms. The van der Waals surface area contributed by atoms with E-state index < -0.39 is 0 Å². The summed E-state index contributed by atoms with van der Waals surface area (Å²) in [7, 11) is 0. The van der Waals surface area contributed by atoms with Crippen LogP contribution in [0.4, 0.5) is 0 Å². The summed E-state index contributed by atoms with van der Waals surface area (Å²) in [5.74, 6) is 0. The van der Waals surface area contributed by atoms with Crippen LogP contribution in [0.3, 0.4) is 0 Å². The molecule has 15 aromatic rings. The lowest BCUT2D eigenvalue weighted by Crippen LogP contribution is -2.00. The van der Waals surface area contributed by atoms with E-state index in [0.29, 0.717) is 0 Å². The van der Waals surface area contributed by atoms with Crippen LogP contribution >= 0.6 is 0 Å². The number of hydrogen-bond donors (Lipinski definition) is 0. The highest BCUT2D eigenvalue weighted by atomic mass is 15.0. The lowest BCUT2D eigenvalue weighted by atomic mass is 9.98. The Balaban J connectivity index is 1.02. The van der Waals surface area contributed by atoms with Gasteiger partial charge in [-0.2, -0.15) is 0 Å². The van der Waals surface area contributed by atoms with E-state index in [0.717, 1.165) is 72.4 Å². The highest BCUT2D eigenvalue weighted by Crippen LogP contribution is 2.46. The third-order valence-corrected chi connectivity index (χ3v) is 14.4. The second-order valence-electron chi connectivity index (χ2n) is 18.1. The molecule has 11 aromatic carbocycles. The molecule has 0 unspecified atom stereocenters. The van der Waals surface area contributed by atoms with Crippen LogP contribution in [0, 0.1) is 0 Å². The van der Waals surface area contributed by atoms with Gasteiger partial charge >= 0.3 is 0 Å². The van der Waals surface area contributed by atoms with E-state index in [9.17, 15) is 0 Å². The van der Waals surface area contributed by atoms with Crippen LogP contribution in [0.5, 0.6) is 0 Å². The number of aromatic nitrogens is 5. The van der Waals surface area contributed by atoms with Crippen molar-refractivity contribution in [3.8, 4) is 39.6 Å². The van der Waals surface area contributed by atoms with Gasteiger partial charge in [-0.3, -0.25) is 0 Å². The summed E-state index contributed by atoms with van der Waals surface area (Å²) in [4.78, 5) is 11.0. The van der Waals surface area contributed by atoms with Crippen LogP contribution in [0.15, 0.2) is 237 Å². The van der Waals surface area contributed by atoms with Crippen molar-refractivity contribution >= 4 is 98.0 Å². The Morgan fingerprint density at radius 2 is 0.841 bits per heavy atom. The standard InChI is InChI=1S/C64H39N5/c1-2-21-43(22-3-1)67-55-33-14-9-27-49(55)59-51(29-17-35-57(59)67)62-61(65-52-30-11-12-31-53(52)66-62)42-20-16-23-44(38-42)68-56-34-15-10-28-50(56)60-58(68)39-41-19-5-7-25-46(41)64(60)69-54-32-13-8-26-47(54)48-37-36-40-18-4-6-24-45(40)63(48)69/h1-39H. The van der Waals surface area contributed by atoms with Gasteiger partial charge in [-0.25, -0.2) is 9.97 Å². The third-order valence-electron chi connectivity index (χ3n) is 14.4. The topological polar surface area (TPSA) is 40.6 Å². The van der Waals surface area contributed by atoms with Crippen molar-refractivity contribution in [1.29, 1.82) is 0 Å². The normalized spacial score (nSPS) is 12.1. The summed E-state index contributed by atoms with van der Waals surface area (Å²) in [5.41, 5.74) is 15.7. The Morgan fingerprint density at radius 3 is 1.61 bits per heavy atom. The maximum absolute atomic E-state index is 5.52. The Labute approximate surface area is 396 Å². The van der Waals surface area contributed by atoms with Crippen molar-refractivity contribution in [3.63, 3.8) is 0 Å². The zero-order valence-corrected chi connectivity index (χ0v) is 37.3. The minimum atomic E-state index is 0.837. The van der Waals surface area contributed by atoms with Crippen LogP contribution in [-0.4, -0.2) is 23.7 Å². The molecule has 0 N–H and O–H groups in total. The van der Waals surface area contributed by atoms with Crippen molar-refractivity contribution in [2.75, 3.05) is 0 Å². The van der Waals surface area contributed by atoms with E-state index in [1.165, 1.54) is 65.2 Å². The van der Waals surface area contributed by atoms with E-state index in [4.69, 9.17) is 9.97 Å². The van der Waals surface area contributed by atoms with Gasteiger partial charge in [-0.15, -0.1) is 0 Å². The lowest BCUT2D eigenvalue weighted by Gasteiger charge is -2.16. The first kappa shape index (κ1) is 37.9. The van der Waals surface area contributed by atoms with E-state index in [2.05, 4.69) is 238 Å². The number of nitrogens with zero attached hydrogens (tertiary/aromatic N) is 5. The van der Waals surface area contributed by atoms with Gasteiger partial charge in [0.25, 0.3) is 0 Å². The predicted octanol–water partition coefficient (Wildman–Crippen LogP) is 16.6. The largest absolute Gasteiger partial charge is 0.309 e. The van der Waals surface area contributed by atoms with Crippen LogP contribution < -0.4 is 0 Å². The summed E-state index contributed by atoms with van der Waals surface area (Å²) in [6.45, 7) is 0. The summed E-state index contributed by atoms with van der Waals surface area (Å²) >= 11 is 0. The molecule has 0 amide bonds. The number of hydrogen-bond acceptors (Lipinski definition) is 2. The van der Waals surface area contributed by atoms with E-state index in [-0.39, 0.29) is 0 Å². The highest BCUT2D eigenvalue weighted by molar-refractivity contribution is 6.25. The SMILES string of the molecule is c1ccc(-n2c3ccccc3c3c(-c4nc5ccccc5nc4-c4cccc(-n5c6ccccc6c6c(-n7c8ccccc8c8ccc9ccccc9c87)c7ccccc7cc65)c4)cccc32)cc1. The predicted molar refractivity (Wildman–Crippen MR) is 288 cm³/mol. The molecule has 4 aromatic heterocycles. The first-order chi connectivity index (χ1) is 34.3. The van der Waals surface area contributed by atoms with E-state index in [1.807, 2.05) is 12.1 Å². The molecule has 0 aliphatic heterocycles. The number of fused-ring (bicyclic) bond motifs is 13. The molecule has 0 aliphatic rings. The van der Waals surface area contributed by atoms with E-state index in [1.54, 1.807) is 0 Å². The van der Waals surface area contributed by atoms with Gasteiger partial charge in [0.15, 0.2) is 0 Å². The second kappa shape index (κ2) is 14.6.